The average molecular weight is 465 g/mol. The van der Waals surface area contributed by atoms with E-state index in [2.05, 4.69) is 20.2 Å². The van der Waals surface area contributed by atoms with E-state index in [9.17, 15) is 14.0 Å². The molecular weight excluding hydrogens is 439 g/mol. The van der Waals surface area contributed by atoms with Crippen LogP contribution in [0.2, 0.25) is 0 Å². The lowest BCUT2D eigenvalue weighted by molar-refractivity contribution is -0.131. The first-order chi connectivity index (χ1) is 16.3. The highest BCUT2D eigenvalue weighted by Crippen LogP contribution is 2.29. The first-order valence-electron chi connectivity index (χ1n) is 11.2. The Morgan fingerprint density at radius 2 is 2.00 bits per heavy atom. The van der Waals surface area contributed by atoms with Crippen molar-refractivity contribution in [3.8, 4) is 11.4 Å². The van der Waals surface area contributed by atoms with Crippen molar-refractivity contribution in [2.45, 2.75) is 39.0 Å². The fourth-order valence-corrected chi connectivity index (χ4v) is 4.69. The Morgan fingerprint density at radius 1 is 1.24 bits per heavy atom. The van der Waals surface area contributed by atoms with Gasteiger partial charge in [0.25, 0.3) is 5.56 Å². The molecule has 10 heteroatoms. The lowest BCUT2D eigenvalue weighted by Crippen LogP contribution is -2.40. The van der Waals surface area contributed by atoms with E-state index in [1.807, 2.05) is 18.7 Å². The number of aryl methyl sites for hydroxylation is 3. The van der Waals surface area contributed by atoms with Crippen molar-refractivity contribution in [3.05, 3.63) is 63.1 Å². The van der Waals surface area contributed by atoms with Crippen molar-refractivity contribution in [2.24, 2.45) is 7.05 Å². The van der Waals surface area contributed by atoms with Crippen LogP contribution in [-0.4, -0.2) is 48.8 Å². The number of rotatable bonds is 4. The molecule has 1 unspecified atom stereocenters. The molecule has 0 saturated carbocycles. The van der Waals surface area contributed by atoms with E-state index in [4.69, 9.17) is 4.52 Å². The van der Waals surface area contributed by atoms with Crippen LogP contribution >= 0.6 is 0 Å². The van der Waals surface area contributed by atoms with E-state index in [-0.39, 0.29) is 29.6 Å². The van der Waals surface area contributed by atoms with E-state index in [0.29, 0.717) is 41.4 Å². The number of halogens is 1. The monoisotopic (exact) mass is 464 g/mol. The molecule has 1 amide bonds. The standard InChI is InChI=1S/C24H25FN6O3/c1-13-18(14(2)26-22-20(13)23(33)28-30(22)3)11-19(32)31-10-4-5-16(12-31)24-27-21(29-34-24)15-6-8-17(25)9-7-15/h6-9,16H,4-5,10-12H2,1-3H3,(H,28,33). The number of carbonyl (C=O) groups excluding carboxylic acids is 1. The van der Waals surface area contributed by atoms with Gasteiger partial charge in [0.2, 0.25) is 17.6 Å². The second-order valence-electron chi connectivity index (χ2n) is 8.82. The summed E-state index contributed by atoms with van der Waals surface area (Å²) in [6.07, 6.45) is 1.82. The van der Waals surface area contributed by atoms with Crippen LogP contribution in [0, 0.1) is 19.7 Å². The zero-order chi connectivity index (χ0) is 24.0. The SMILES string of the molecule is Cc1nc2c(c(C)c1CC(=O)N1CCCC(c3nc(-c4ccc(F)cc4)no3)C1)c(=O)[nH]n2C. The second kappa shape index (κ2) is 8.51. The van der Waals surface area contributed by atoms with Gasteiger partial charge in [-0.2, -0.15) is 4.98 Å². The van der Waals surface area contributed by atoms with Crippen molar-refractivity contribution in [2.75, 3.05) is 13.1 Å². The van der Waals surface area contributed by atoms with E-state index in [1.165, 1.54) is 12.1 Å². The van der Waals surface area contributed by atoms with Gasteiger partial charge >= 0.3 is 0 Å². The minimum absolute atomic E-state index is 0.0253. The summed E-state index contributed by atoms with van der Waals surface area (Å²) in [5.41, 5.74) is 3.36. The van der Waals surface area contributed by atoms with Crippen molar-refractivity contribution in [3.63, 3.8) is 0 Å². The number of nitrogens with one attached hydrogen (secondary N) is 1. The van der Waals surface area contributed by atoms with Crippen LogP contribution < -0.4 is 5.56 Å². The predicted octanol–water partition coefficient (Wildman–Crippen LogP) is 3.02. The number of pyridine rings is 1. The molecule has 34 heavy (non-hydrogen) atoms. The zero-order valence-electron chi connectivity index (χ0n) is 19.3. The van der Waals surface area contributed by atoms with Gasteiger partial charge in [-0.3, -0.25) is 19.4 Å². The molecule has 0 bridgehead atoms. The lowest BCUT2D eigenvalue weighted by atomic mass is 9.96. The van der Waals surface area contributed by atoms with E-state index in [1.54, 1.807) is 23.9 Å². The van der Waals surface area contributed by atoms with Gasteiger partial charge in [-0.15, -0.1) is 0 Å². The number of nitrogens with zero attached hydrogens (tertiary/aromatic N) is 5. The van der Waals surface area contributed by atoms with E-state index >= 15 is 0 Å². The lowest BCUT2D eigenvalue weighted by Gasteiger charge is -2.31. The highest BCUT2D eigenvalue weighted by Gasteiger charge is 2.29. The maximum atomic E-state index is 13.2. The van der Waals surface area contributed by atoms with Gasteiger partial charge in [0.15, 0.2) is 5.65 Å². The Hall–Kier alpha value is -3.82. The van der Waals surface area contributed by atoms with Crippen LogP contribution in [0.15, 0.2) is 33.6 Å². The third kappa shape index (κ3) is 3.89. The number of aromatic amines is 1. The van der Waals surface area contributed by atoms with Crippen molar-refractivity contribution in [1.82, 2.24) is 29.8 Å². The Labute approximate surface area is 194 Å². The molecule has 9 nitrogen and oxygen atoms in total. The third-order valence-electron chi connectivity index (χ3n) is 6.57. The van der Waals surface area contributed by atoms with E-state index in [0.717, 1.165) is 29.7 Å². The van der Waals surface area contributed by atoms with Crippen LogP contribution in [-0.2, 0) is 18.3 Å². The van der Waals surface area contributed by atoms with Gasteiger partial charge in [0.05, 0.1) is 17.7 Å². The molecule has 0 spiro atoms. The van der Waals surface area contributed by atoms with Crippen LogP contribution in [0.1, 0.15) is 41.5 Å². The molecule has 1 aliphatic heterocycles. The molecule has 176 valence electrons. The molecule has 1 N–H and O–H groups in total. The van der Waals surface area contributed by atoms with Crippen molar-refractivity contribution >= 4 is 16.9 Å². The van der Waals surface area contributed by atoms with Gasteiger partial charge in [-0.1, -0.05) is 5.16 Å². The second-order valence-corrected chi connectivity index (χ2v) is 8.82. The smallest absolute Gasteiger partial charge is 0.273 e. The maximum absolute atomic E-state index is 13.2. The van der Waals surface area contributed by atoms with Crippen LogP contribution in [0.3, 0.4) is 0 Å². The maximum Gasteiger partial charge on any atom is 0.273 e. The summed E-state index contributed by atoms with van der Waals surface area (Å²) >= 11 is 0. The summed E-state index contributed by atoms with van der Waals surface area (Å²) in [6.45, 7) is 4.85. The number of hydrogen-bond acceptors (Lipinski definition) is 6. The number of carbonyl (C=O) groups is 1. The molecule has 1 atom stereocenters. The molecule has 1 aliphatic rings. The first-order valence-corrected chi connectivity index (χ1v) is 11.2. The number of benzene rings is 1. The third-order valence-corrected chi connectivity index (χ3v) is 6.57. The number of amides is 1. The average Bonchev–Trinajstić information content (AvgIpc) is 3.42. The van der Waals surface area contributed by atoms with Crippen LogP contribution in [0.25, 0.3) is 22.4 Å². The Morgan fingerprint density at radius 3 is 2.76 bits per heavy atom. The number of likely N-dealkylation sites (tertiary alicyclic amines) is 1. The van der Waals surface area contributed by atoms with Crippen LogP contribution in [0.5, 0.6) is 0 Å². The molecule has 1 saturated heterocycles. The molecule has 1 aromatic carbocycles. The molecule has 4 aromatic rings. The molecular formula is C24H25FN6O3. The Bertz CT molecular complexity index is 1440. The van der Waals surface area contributed by atoms with Crippen molar-refractivity contribution in [1.29, 1.82) is 0 Å². The van der Waals surface area contributed by atoms with Gasteiger partial charge in [-0.05, 0) is 62.1 Å². The number of hydrogen-bond donors (Lipinski definition) is 1. The van der Waals surface area contributed by atoms with Crippen LogP contribution in [0.4, 0.5) is 4.39 Å². The predicted molar refractivity (Wildman–Crippen MR) is 123 cm³/mol. The van der Waals surface area contributed by atoms with Gasteiger partial charge in [-0.25, -0.2) is 9.37 Å². The van der Waals surface area contributed by atoms with Gasteiger partial charge < -0.3 is 9.42 Å². The minimum Gasteiger partial charge on any atom is -0.342 e. The Balaban J connectivity index is 1.34. The topological polar surface area (TPSA) is 110 Å². The Kier molecular flexibility index (Phi) is 5.51. The van der Waals surface area contributed by atoms with Crippen molar-refractivity contribution < 1.29 is 13.7 Å². The number of fused-ring (bicyclic) bond motifs is 1. The van der Waals surface area contributed by atoms with Gasteiger partial charge in [0, 0.05) is 31.4 Å². The summed E-state index contributed by atoms with van der Waals surface area (Å²) in [5.74, 6) is 0.452. The molecule has 5 rings (SSSR count). The fourth-order valence-electron chi connectivity index (χ4n) is 4.69. The minimum atomic E-state index is -0.328. The van der Waals surface area contributed by atoms with E-state index < -0.39 is 0 Å². The normalized spacial score (nSPS) is 16.4. The highest BCUT2D eigenvalue weighted by atomic mass is 19.1. The molecule has 0 aliphatic carbocycles. The van der Waals surface area contributed by atoms with Gasteiger partial charge in [0.1, 0.15) is 5.82 Å². The molecule has 0 radical (unpaired) electrons. The quantitative estimate of drug-likeness (QED) is 0.497. The first kappa shape index (κ1) is 22.0. The number of piperidine rings is 1. The largest absolute Gasteiger partial charge is 0.342 e. The summed E-state index contributed by atoms with van der Waals surface area (Å²) in [7, 11) is 1.74. The number of aromatic nitrogens is 5. The summed E-state index contributed by atoms with van der Waals surface area (Å²) in [5, 5.41) is 7.29. The fraction of sp³-hybridized carbons (Fsp3) is 0.375. The number of H-pyrrole nitrogens is 1. The zero-order valence-corrected chi connectivity index (χ0v) is 19.3. The summed E-state index contributed by atoms with van der Waals surface area (Å²) in [6, 6.07) is 5.92. The molecule has 3 aromatic heterocycles. The molecule has 4 heterocycles. The summed E-state index contributed by atoms with van der Waals surface area (Å²) in [4.78, 5) is 36.4. The summed E-state index contributed by atoms with van der Waals surface area (Å²) < 4.78 is 20.3. The molecule has 1 fully saturated rings. The highest BCUT2D eigenvalue weighted by molar-refractivity contribution is 5.84.